The van der Waals surface area contributed by atoms with Crippen LogP contribution in [0.3, 0.4) is 0 Å². The summed E-state index contributed by atoms with van der Waals surface area (Å²) in [5, 5.41) is 12.6. The van der Waals surface area contributed by atoms with Crippen molar-refractivity contribution in [3.8, 4) is 11.5 Å². The molecular weight excluding hydrogens is 420 g/mol. The second kappa shape index (κ2) is 12.2. The van der Waals surface area contributed by atoms with Crippen molar-refractivity contribution in [2.75, 3.05) is 40.1 Å². The van der Waals surface area contributed by atoms with Crippen molar-refractivity contribution < 1.29 is 38.4 Å². The van der Waals surface area contributed by atoms with E-state index in [1.807, 2.05) is 13.8 Å². The molecule has 1 amide bonds. The topological polar surface area (TPSA) is 125 Å². The molecule has 2 rings (SSSR count). The van der Waals surface area contributed by atoms with Crippen molar-refractivity contribution in [1.29, 1.82) is 0 Å². The molecule has 1 aromatic heterocycles. The van der Waals surface area contributed by atoms with Crippen molar-refractivity contribution in [3.05, 3.63) is 42.3 Å². The van der Waals surface area contributed by atoms with E-state index in [2.05, 4.69) is 23.5 Å². The van der Waals surface area contributed by atoms with Gasteiger partial charge in [0.25, 0.3) is 5.91 Å². The Morgan fingerprint density at radius 2 is 1.81 bits per heavy atom. The largest absolute Gasteiger partial charge is 0.503 e. The maximum atomic E-state index is 12.6. The first-order chi connectivity index (χ1) is 15.2. The Balaban J connectivity index is 2.11. The fourth-order valence-electron chi connectivity index (χ4n) is 2.75. The number of esters is 1. The molecule has 0 aromatic carbocycles. The lowest BCUT2D eigenvalue weighted by atomic mass is 10.2. The van der Waals surface area contributed by atoms with Crippen molar-refractivity contribution in [3.63, 3.8) is 0 Å². The van der Waals surface area contributed by atoms with Gasteiger partial charge >= 0.3 is 5.97 Å². The van der Waals surface area contributed by atoms with Gasteiger partial charge in [0.2, 0.25) is 0 Å². The number of nitrogens with zero attached hydrogens (tertiary/aromatic N) is 1. The van der Waals surface area contributed by atoms with Gasteiger partial charge in [0.05, 0.1) is 33.5 Å². The van der Waals surface area contributed by atoms with Crippen LogP contribution in [-0.4, -0.2) is 80.4 Å². The van der Waals surface area contributed by atoms with Gasteiger partial charge in [-0.15, -0.1) is 0 Å². The third-order valence-electron chi connectivity index (χ3n) is 4.37. The minimum Gasteiger partial charge on any atom is -0.503 e. The Morgan fingerprint density at radius 3 is 2.41 bits per heavy atom. The molecule has 0 aliphatic carbocycles. The summed E-state index contributed by atoms with van der Waals surface area (Å²) in [5.74, 6) is -1.86. The monoisotopic (exact) mass is 450 g/mol. The third-order valence-corrected chi connectivity index (χ3v) is 4.37. The highest BCUT2D eigenvalue weighted by atomic mass is 16.6. The molecule has 1 aromatic rings. The number of nitrogens with one attached hydrogen (secondary N) is 1. The number of amides is 1. The molecule has 1 fully saturated rings. The Kier molecular flexibility index (Phi) is 9.63. The summed E-state index contributed by atoms with van der Waals surface area (Å²) in [6.45, 7) is 11.6. The van der Waals surface area contributed by atoms with E-state index in [9.17, 15) is 14.7 Å². The van der Waals surface area contributed by atoms with Gasteiger partial charge in [-0.05, 0) is 13.8 Å². The summed E-state index contributed by atoms with van der Waals surface area (Å²) in [7, 11) is 1.35. The Bertz CT molecular complexity index is 841. The number of hydrogen-bond acceptors (Lipinski definition) is 9. The van der Waals surface area contributed by atoms with Crippen LogP contribution in [0.1, 0.15) is 24.3 Å². The molecule has 0 spiro atoms. The first-order valence-corrected chi connectivity index (χ1v) is 10.0. The molecule has 0 saturated carbocycles. The Labute approximate surface area is 187 Å². The zero-order valence-corrected chi connectivity index (χ0v) is 18.6. The highest BCUT2D eigenvalue weighted by molar-refractivity contribution is 5.97. The minimum absolute atomic E-state index is 0.0773. The van der Waals surface area contributed by atoms with Crippen molar-refractivity contribution in [2.45, 2.75) is 32.1 Å². The maximum Gasteiger partial charge on any atom is 0.331 e. The van der Waals surface area contributed by atoms with Crippen LogP contribution in [0.15, 0.2) is 36.6 Å². The van der Waals surface area contributed by atoms with Crippen LogP contribution in [0.4, 0.5) is 0 Å². The molecule has 1 saturated heterocycles. The number of carbonyl (C=O) groups excluding carboxylic acids is 2. The molecule has 176 valence electrons. The summed E-state index contributed by atoms with van der Waals surface area (Å²) in [4.78, 5) is 29.0. The van der Waals surface area contributed by atoms with Crippen LogP contribution in [0.25, 0.3) is 0 Å². The SMILES string of the molecule is C=C(C)COC1COCC(NC(=O)c2nccc(OC)c2O)C(=O)OCC1OCC(=C)C. The summed E-state index contributed by atoms with van der Waals surface area (Å²) in [5.41, 5.74) is 1.32. The molecule has 3 atom stereocenters. The van der Waals surface area contributed by atoms with Gasteiger partial charge in [-0.3, -0.25) is 4.79 Å². The quantitative estimate of drug-likeness (QED) is 0.424. The number of methoxy groups -OCH3 is 1. The van der Waals surface area contributed by atoms with Crippen molar-refractivity contribution >= 4 is 11.9 Å². The predicted octanol–water partition coefficient (Wildman–Crippen LogP) is 1.39. The molecule has 10 heteroatoms. The number of pyridine rings is 1. The van der Waals surface area contributed by atoms with Gasteiger partial charge in [0, 0.05) is 12.3 Å². The van der Waals surface area contributed by atoms with Crippen molar-refractivity contribution in [1.82, 2.24) is 10.3 Å². The first-order valence-electron chi connectivity index (χ1n) is 10.0. The molecule has 10 nitrogen and oxygen atoms in total. The average Bonchev–Trinajstić information content (AvgIpc) is 2.81. The third kappa shape index (κ3) is 7.33. The van der Waals surface area contributed by atoms with Crippen LogP contribution in [-0.2, 0) is 23.7 Å². The summed E-state index contributed by atoms with van der Waals surface area (Å²) >= 11 is 0. The summed E-state index contributed by atoms with van der Waals surface area (Å²) in [6, 6.07) is 0.274. The van der Waals surface area contributed by atoms with E-state index in [1.165, 1.54) is 19.4 Å². The molecule has 1 aliphatic heterocycles. The Hall–Kier alpha value is -2.95. The number of aromatic hydroxyl groups is 1. The van der Waals surface area contributed by atoms with E-state index < -0.39 is 35.9 Å². The van der Waals surface area contributed by atoms with E-state index in [0.717, 1.165) is 11.1 Å². The number of carbonyl (C=O) groups is 2. The number of cyclic esters (lactones) is 1. The molecule has 1 aliphatic rings. The van der Waals surface area contributed by atoms with Gasteiger partial charge < -0.3 is 34.1 Å². The fourth-order valence-corrected chi connectivity index (χ4v) is 2.75. The molecule has 3 unspecified atom stereocenters. The van der Waals surface area contributed by atoms with E-state index in [0.29, 0.717) is 0 Å². The second-order valence-electron chi connectivity index (χ2n) is 7.52. The number of aromatic nitrogens is 1. The summed E-state index contributed by atoms with van der Waals surface area (Å²) in [6.07, 6.45) is 0.171. The lowest BCUT2D eigenvalue weighted by molar-refractivity contribution is -0.153. The normalized spacial score (nSPS) is 21.5. The zero-order valence-electron chi connectivity index (χ0n) is 18.6. The standard InChI is InChI=1S/C22H30N2O8/c1-13(2)8-30-17-11-29-10-15(22(27)32-12-18(17)31-9-14(3)4)24-21(26)19-20(25)16(28-5)6-7-23-19/h6-7,15,17-18,25H,1,3,8-12H2,2,4-5H3,(H,24,26). The molecular formula is C22H30N2O8. The molecule has 0 radical (unpaired) electrons. The lowest BCUT2D eigenvalue weighted by Crippen LogP contribution is -2.45. The van der Waals surface area contributed by atoms with E-state index in [4.69, 9.17) is 23.7 Å². The van der Waals surface area contributed by atoms with E-state index >= 15 is 0 Å². The van der Waals surface area contributed by atoms with Crippen LogP contribution in [0.2, 0.25) is 0 Å². The predicted molar refractivity (Wildman–Crippen MR) is 115 cm³/mol. The van der Waals surface area contributed by atoms with Crippen LogP contribution < -0.4 is 10.1 Å². The van der Waals surface area contributed by atoms with E-state index in [1.54, 1.807) is 0 Å². The zero-order chi connectivity index (χ0) is 23.7. The van der Waals surface area contributed by atoms with Crippen LogP contribution in [0, 0.1) is 0 Å². The first kappa shape index (κ1) is 25.3. The van der Waals surface area contributed by atoms with Gasteiger partial charge in [-0.2, -0.15) is 0 Å². The molecule has 2 N–H and O–H groups in total. The smallest absolute Gasteiger partial charge is 0.331 e. The highest BCUT2D eigenvalue weighted by Gasteiger charge is 2.32. The van der Waals surface area contributed by atoms with Crippen LogP contribution >= 0.6 is 0 Å². The molecule has 2 heterocycles. The summed E-state index contributed by atoms with van der Waals surface area (Å²) < 4.78 is 27.6. The number of rotatable bonds is 9. The van der Waals surface area contributed by atoms with Gasteiger partial charge in [0.1, 0.15) is 18.8 Å². The number of hydrogen-bond donors (Lipinski definition) is 2. The van der Waals surface area contributed by atoms with Gasteiger partial charge in [0.15, 0.2) is 23.2 Å². The lowest BCUT2D eigenvalue weighted by Gasteiger charge is -2.26. The fraction of sp³-hybridized carbons (Fsp3) is 0.500. The average molecular weight is 450 g/mol. The van der Waals surface area contributed by atoms with Crippen molar-refractivity contribution in [2.24, 2.45) is 0 Å². The van der Waals surface area contributed by atoms with Crippen LogP contribution in [0.5, 0.6) is 11.5 Å². The maximum absolute atomic E-state index is 12.6. The van der Waals surface area contributed by atoms with Gasteiger partial charge in [-0.1, -0.05) is 24.3 Å². The second-order valence-corrected chi connectivity index (χ2v) is 7.52. The molecule has 32 heavy (non-hydrogen) atoms. The molecule has 0 bridgehead atoms. The number of ether oxygens (including phenoxy) is 5. The Morgan fingerprint density at radius 1 is 1.19 bits per heavy atom. The minimum atomic E-state index is -1.13. The van der Waals surface area contributed by atoms with Gasteiger partial charge in [-0.25, -0.2) is 9.78 Å². The highest BCUT2D eigenvalue weighted by Crippen LogP contribution is 2.27. The van der Waals surface area contributed by atoms with E-state index in [-0.39, 0.29) is 44.5 Å².